The van der Waals surface area contributed by atoms with Gasteiger partial charge in [-0.05, 0) is 46.6 Å². The first-order valence-electron chi connectivity index (χ1n) is 7.22. The summed E-state index contributed by atoms with van der Waals surface area (Å²) in [5, 5.41) is 0.490. The number of halogens is 2. The third kappa shape index (κ3) is 2.35. The molecule has 0 amide bonds. The monoisotopic (exact) mass is 312 g/mol. The quantitative estimate of drug-likeness (QED) is 0.746. The average molecular weight is 313 g/mol. The predicted molar refractivity (Wildman–Crippen MR) is 80.9 cm³/mol. The summed E-state index contributed by atoms with van der Waals surface area (Å²) < 4.78 is 31.6. The number of benzene rings is 1. The second-order valence-corrected chi connectivity index (χ2v) is 6.99. The molecule has 2 aliphatic heterocycles. The molecule has 0 spiro atoms. The molecule has 1 fully saturated rings. The van der Waals surface area contributed by atoms with Gasteiger partial charge < -0.3 is 14.0 Å². The van der Waals surface area contributed by atoms with E-state index >= 15 is 0 Å². The van der Waals surface area contributed by atoms with Crippen LogP contribution >= 0.6 is 11.6 Å². The topological polar surface area (TPSA) is 27.7 Å². The van der Waals surface area contributed by atoms with E-state index in [0.717, 1.165) is 6.42 Å². The molecule has 0 saturated carbocycles. The Labute approximate surface area is 129 Å². The lowest BCUT2D eigenvalue weighted by atomic mass is 9.77. The summed E-state index contributed by atoms with van der Waals surface area (Å²) in [7, 11) is -0.663. The lowest BCUT2D eigenvalue weighted by Crippen LogP contribution is -2.41. The van der Waals surface area contributed by atoms with Crippen LogP contribution < -0.4 is 10.2 Å². The Morgan fingerprint density at radius 3 is 2.43 bits per heavy atom. The molecule has 1 aromatic rings. The molecule has 2 heterocycles. The van der Waals surface area contributed by atoms with E-state index in [1.165, 1.54) is 6.07 Å². The minimum absolute atomic E-state index is 0.270. The highest BCUT2D eigenvalue weighted by Gasteiger charge is 2.52. The zero-order chi connectivity index (χ0) is 15.4. The minimum Gasteiger partial charge on any atom is -0.490 e. The molecule has 0 unspecified atom stereocenters. The van der Waals surface area contributed by atoms with Crippen molar-refractivity contribution in [3.63, 3.8) is 0 Å². The fourth-order valence-electron chi connectivity index (χ4n) is 2.63. The molecular weight excluding hydrogens is 293 g/mol. The first kappa shape index (κ1) is 15.1. The van der Waals surface area contributed by atoms with E-state index in [1.807, 2.05) is 27.7 Å². The lowest BCUT2D eigenvalue weighted by molar-refractivity contribution is 0.00578. The van der Waals surface area contributed by atoms with E-state index in [0.29, 0.717) is 29.1 Å². The maximum atomic E-state index is 14.3. The van der Waals surface area contributed by atoms with Gasteiger partial charge in [-0.25, -0.2) is 4.39 Å². The Balaban J connectivity index is 2.03. The molecule has 3 nitrogen and oxygen atoms in total. The van der Waals surface area contributed by atoms with Crippen LogP contribution in [-0.4, -0.2) is 24.9 Å². The third-order valence-corrected chi connectivity index (χ3v) is 5.06. The number of fused-ring (bicyclic) bond motifs is 1. The van der Waals surface area contributed by atoms with E-state index in [9.17, 15) is 4.39 Å². The molecule has 0 aliphatic carbocycles. The zero-order valence-corrected chi connectivity index (χ0v) is 13.5. The molecule has 0 N–H and O–H groups in total. The summed E-state index contributed by atoms with van der Waals surface area (Å²) in [4.78, 5) is 0. The van der Waals surface area contributed by atoms with Gasteiger partial charge in [0.2, 0.25) is 0 Å². The summed E-state index contributed by atoms with van der Waals surface area (Å²) in [6, 6.07) is 1.37. The van der Waals surface area contributed by atoms with Gasteiger partial charge in [-0.3, -0.25) is 0 Å². The highest BCUT2D eigenvalue weighted by Crippen LogP contribution is 2.39. The van der Waals surface area contributed by atoms with Crippen LogP contribution in [0.5, 0.6) is 5.75 Å². The third-order valence-electron chi connectivity index (χ3n) is 4.62. The number of hydrogen-bond donors (Lipinski definition) is 0. The molecule has 1 saturated heterocycles. The van der Waals surface area contributed by atoms with Crippen LogP contribution in [0.1, 0.15) is 39.7 Å². The van der Waals surface area contributed by atoms with Crippen LogP contribution in [0.3, 0.4) is 0 Å². The van der Waals surface area contributed by atoms with Crippen molar-refractivity contribution in [2.75, 3.05) is 6.61 Å². The van der Waals surface area contributed by atoms with Gasteiger partial charge >= 0.3 is 7.12 Å². The summed E-state index contributed by atoms with van der Waals surface area (Å²) in [5.41, 5.74) is 0.290. The van der Waals surface area contributed by atoms with Crippen LogP contribution in [0.4, 0.5) is 4.39 Å². The number of rotatable bonds is 1. The maximum Gasteiger partial charge on any atom is 0.496 e. The molecule has 0 bridgehead atoms. The molecule has 6 heteroatoms. The van der Waals surface area contributed by atoms with Crippen molar-refractivity contribution < 1.29 is 18.4 Å². The first-order chi connectivity index (χ1) is 9.73. The first-order valence-corrected chi connectivity index (χ1v) is 7.60. The maximum absolute atomic E-state index is 14.3. The molecule has 1 aromatic carbocycles. The second-order valence-electron chi connectivity index (χ2n) is 6.61. The largest absolute Gasteiger partial charge is 0.496 e. The smallest absolute Gasteiger partial charge is 0.490 e. The van der Waals surface area contributed by atoms with Gasteiger partial charge in [0.25, 0.3) is 0 Å². The standard InChI is InChI=1S/C15H19BClFO3/c1-14(2)15(3,4)21-16(20-14)10-8-11(18)13-9(12(10)17)6-5-7-19-13/h8H,5-7H2,1-4H3. The van der Waals surface area contributed by atoms with E-state index in [4.69, 9.17) is 25.6 Å². The number of ether oxygens (including phenoxy) is 1. The van der Waals surface area contributed by atoms with Gasteiger partial charge in [0, 0.05) is 16.0 Å². The van der Waals surface area contributed by atoms with Crippen molar-refractivity contribution in [1.82, 2.24) is 0 Å². The highest BCUT2D eigenvalue weighted by atomic mass is 35.5. The second kappa shape index (κ2) is 4.87. The van der Waals surface area contributed by atoms with E-state index < -0.39 is 24.1 Å². The van der Waals surface area contributed by atoms with Crippen molar-refractivity contribution in [1.29, 1.82) is 0 Å². The molecule has 0 radical (unpaired) electrons. The highest BCUT2D eigenvalue weighted by molar-refractivity contribution is 6.65. The van der Waals surface area contributed by atoms with Crippen LogP contribution in [0.15, 0.2) is 6.07 Å². The van der Waals surface area contributed by atoms with E-state index in [2.05, 4.69) is 0 Å². The van der Waals surface area contributed by atoms with Crippen LogP contribution in [0.25, 0.3) is 0 Å². The Kier molecular flexibility index (Phi) is 3.51. The minimum atomic E-state index is -0.663. The lowest BCUT2D eigenvalue weighted by Gasteiger charge is -2.32. The number of hydrogen-bond acceptors (Lipinski definition) is 3. The van der Waals surface area contributed by atoms with Gasteiger partial charge in [-0.1, -0.05) is 11.6 Å². The van der Waals surface area contributed by atoms with Gasteiger partial charge in [-0.2, -0.15) is 0 Å². The summed E-state index contributed by atoms with van der Waals surface area (Å²) in [6.07, 6.45) is 1.54. The summed E-state index contributed by atoms with van der Waals surface area (Å²) in [5.74, 6) is -0.134. The zero-order valence-electron chi connectivity index (χ0n) is 12.8. The van der Waals surface area contributed by atoms with Crippen molar-refractivity contribution in [2.45, 2.75) is 51.7 Å². The van der Waals surface area contributed by atoms with Crippen LogP contribution in [0, 0.1) is 5.82 Å². The summed E-state index contributed by atoms with van der Waals surface area (Å²) in [6.45, 7) is 8.35. The molecular formula is C15H19BClFO3. The van der Waals surface area contributed by atoms with E-state index in [1.54, 1.807) is 0 Å². The fourth-order valence-corrected chi connectivity index (χ4v) is 2.95. The fraction of sp³-hybridized carbons (Fsp3) is 0.600. The predicted octanol–water partition coefficient (Wildman–Crippen LogP) is 3.10. The molecule has 2 aliphatic rings. The van der Waals surface area contributed by atoms with Gasteiger partial charge in [-0.15, -0.1) is 0 Å². The van der Waals surface area contributed by atoms with Crippen molar-refractivity contribution in [3.8, 4) is 5.75 Å². The van der Waals surface area contributed by atoms with Crippen molar-refractivity contribution in [2.24, 2.45) is 0 Å². The average Bonchev–Trinajstić information content (AvgIpc) is 2.63. The molecule has 0 atom stereocenters. The molecule has 21 heavy (non-hydrogen) atoms. The van der Waals surface area contributed by atoms with Gasteiger partial charge in [0.1, 0.15) is 0 Å². The van der Waals surface area contributed by atoms with E-state index in [-0.39, 0.29) is 5.75 Å². The molecule has 3 rings (SSSR count). The Morgan fingerprint density at radius 2 is 1.81 bits per heavy atom. The molecule has 114 valence electrons. The Morgan fingerprint density at radius 1 is 1.19 bits per heavy atom. The summed E-state index contributed by atoms with van der Waals surface area (Å²) >= 11 is 6.46. The normalized spacial score (nSPS) is 22.9. The van der Waals surface area contributed by atoms with Crippen molar-refractivity contribution in [3.05, 3.63) is 22.5 Å². The Bertz CT molecular complexity index is 573. The molecule has 0 aromatic heterocycles. The van der Waals surface area contributed by atoms with Crippen LogP contribution in [0.2, 0.25) is 5.02 Å². The van der Waals surface area contributed by atoms with Gasteiger partial charge in [0.15, 0.2) is 11.6 Å². The van der Waals surface area contributed by atoms with Crippen molar-refractivity contribution >= 4 is 24.2 Å². The SMILES string of the molecule is CC1(C)OB(c2cc(F)c3c(c2Cl)CCCO3)OC1(C)C. The van der Waals surface area contributed by atoms with Gasteiger partial charge in [0.05, 0.1) is 17.8 Å². The Hall–Kier alpha value is -0.775. The van der Waals surface area contributed by atoms with Crippen LogP contribution in [-0.2, 0) is 15.7 Å².